The summed E-state index contributed by atoms with van der Waals surface area (Å²) in [5.41, 5.74) is 0. The van der Waals surface area contributed by atoms with E-state index in [0.717, 1.165) is 4.90 Å². The summed E-state index contributed by atoms with van der Waals surface area (Å²) >= 11 is 0. The quantitative estimate of drug-likeness (QED) is 0.769. The van der Waals surface area contributed by atoms with Crippen molar-refractivity contribution in [3.05, 3.63) is 0 Å². The molecule has 2 N–H and O–H groups in total. The number of alkyl halides is 3. The summed E-state index contributed by atoms with van der Waals surface area (Å²) in [6.07, 6.45) is -4.42. The molecule has 0 radical (unpaired) electrons. The molecule has 120 valence electrons. The number of hydrogen-bond donors (Lipinski definition) is 2. The molecule has 0 unspecified atom stereocenters. The van der Waals surface area contributed by atoms with Gasteiger partial charge in [-0.2, -0.15) is 28.1 Å². The van der Waals surface area contributed by atoms with E-state index >= 15 is 0 Å². The zero-order valence-electron chi connectivity index (χ0n) is 12.1. The van der Waals surface area contributed by atoms with Crippen molar-refractivity contribution in [2.75, 3.05) is 55.5 Å². The lowest BCUT2D eigenvalue weighted by Gasteiger charge is -2.24. The molecule has 0 aliphatic rings. The van der Waals surface area contributed by atoms with Crippen LogP contribution in [0.5, 0.6) is 0 Å². The van der Waals surface area contributed by atoms with Crippen LogP contribution >= 0.6 is 0 Å². The summed E-state index contributed by atoms with van der Waals surface area (Å²) in [6, 6.07) is 0. The monoisotopic (exact) mass is 308 g/mol. The number of halogens is 3. The first kappa shape index (κ1) is 17.2. The third-order valence-electron chi connectivity index (χ3n) is 2.37. The van der Waals surface area contributed by atoms with Crippen LogP contribution in [-0.4, -0.2) is 66.6 Å². The molecule has 0 aliphatic carbocycles. The van der Waals surface area contributed by atoms with Gasteiger partial charge in [-0.15, -0.1) is 0 Å². The highest BCUT2D eigenvalue weighted by molar-refractivity contribution is 5.44. The molecule has 0 fully saturated rings. The molecule has 0 atom stereocenters. The molecule has 10 heteroatoms. The number of nitrogens with one attached hydrogen (secondary N) is 1. The van der Waals surface area contributed by atoms with E-state index in [9.17, 15) is 13.2 Å². The molecular weight excluding hydrogens is 289 g/mol. The van der Waals surface area contributed by atoms with Crippen molar-refractivity contribution in [1.82, 2.24) is 15.0 Å². The second-order valence-corrected chi connectivity index (χ2v) is 4.44. The smallest absolute Gasteiger partial charge is 0.395 e. The minimum Gasteiger partial charge on any atom is -0.395 e. The summed E-state index contributed by atoms with van der Waals surface area (Å²) in [6.45, 7) is 0.448. The third kappa shape index (κ3) is 5.58. The van der Waals surface area contributed by atoms with E-state index in [1.165, 1.54) is 0 Å². The van der Waals surface area contributed by atoms with E-state index in [4.69, 9.17) is 5.11 Å². The first-order chi connectivity index (χ1) is 9.76. The predicted molar refractivity (Wildman–Crippen MR) is 73.7 cm³/mol. The Morgan fingerprint density at radius 1 is 1.14 bits per heavy atom. The number of nitrogens with zero attached hydrogens (tertiary/aromatic N) is 5. The van der Waals surface area contributed by atoms with Gasteiger partial charge in [0, 0.05) is 27.2 Å². The predicted octanol–water partition coefficient (Wildman–Crippen LogP) is 0.730. The Balaban J connectivity index is 3.15. The summed E-state index contributed by atoms with van der Waals surface area (Å²) in [5.74, 6) is 0.299. The van der Waals surface area contributed by atoms with Crippen LogP contribution in [0, 0.1) is 0 Å². The minimum absolute atomic E-state index is 0.129. The number of aliphatic hydroxyl groups is 1. The Morgan fingerprint density at radius 3 is 2.24 bits per heavy atom. The van der Waals surface area contributed by atoms with Gasteiger partial charge in [0.05, 0.1) is 6.61 Å². The van der Waals surface area contributed by atoms with E-state index < -0.39 is 19.3 Å². The average molecular weight is 308 g/mol. The fraction of sp³-hybridized carbons (Fsp3) is 0.727. The number of hydrogen-bond acceptors (Lipinski definition) is 7. The van der Waals surface area contributed by atoms with Crippen molar-refractivity contribution in [3.8, 4) is 0 Å². The topological polar surface area (TPSA) is 77.4 Å². The van der Waals surface area contributed by atoms with Crippen molar-refractivity contribution < 1.29 is 18.3 Å². The fourth-order valence-corrected chi connectivity index (χ4v) is 1.52. The molecular formula is C11H19F3N6O. The van der Waals surface area contributed by atoms with Crippen LogP contribution in [0.1, 0.15) is 6.92 Å². The summed E-state index contributed by atoms with van der Waals surface area (Å²) in [4.78, 5) is 14.5. The maximum atomic E-state index is 12.6. The van der Waals surface area contributed by atoms with E-state index in [-0.39, 0.29) is 24.4 Å². The van der Waals surface area contributed by atoms with E-state index in [1.54, 1.807) is 19.0 Å². The van der Waals surface area contributed by atoms with Gasteiger partial charge in [-0.25, -0.2) is 0 Å². The van der Waals surface area contributed by atoms with Crippen molar-refractivity contribution in [3.63, 3.8) is 0 Å². The highest BCUT2D eigenvalue weighted by atomic mass is 19.4. The number of rotatable bonds is 7. The molecule has 0 aliphatic heterocycles. The normalized spacial score (nSPS) is 11.4. The lowest BCUT2D eigenvalue weighted by atomic mass is 10.5. The van der Waals surface area contributed by atoms with Crippen molar-refractivity contribution in [1.29, 1.82) is 0 Å². The molecule has 7 nitrogen and oxygen atoms in total. The molecule has 21 heavy (non-hydrogen) atoms. The second kappa shape index (κ2) is 7.25. The SMILES string of the molecule is CCNc1nc(N(C)C)nc(N(CCO)CC(F)(F)F)n1. The minimum atomic E-state index is -4.42. The molecule has 1 rings (SSSR count). The summed E-state index contributed by atoms with van der Waals surface area (Å²) in [5, 5.41) is 11.8. The fourth-order valence-electron chi connectivity index (χ4n) is 1.52. The lowest BCUT2D eigenvalue weighted by molar-refractivity contribution is -0.120. The molecule has 0 saturated heterocycles. The van der Waals surface area contributed by atoms with Crippen LogP contribution in [0.4, 0.5) is 31.0 Å². The third-order valence-corrected chi connectivity index (χ3v) is 2.37. The van der Waals surface area contributed by atoms with Gasteiger partial charge in [-0.1, -0.05) is 0 Å². The van der Waals surface area contributed by atoms with E-state index in [1.807, 2.05) is 6.92 Å². The van der Waals surface area contributed by atoms with Crippen molar-refractivity contribution in [2.45, 2.75) is 13.1 Å². The summed E-state index contributed by atoms with van der Waals surface area (Å²) < 4.78 is 37.8. The molecule has 1 aromatic rings. The average Bonchev–Trinajstić information content (AvgIpc) is 2.36. The van der Waals surface area contributed by atoms with Crippen LogP contribution in [-0.2, 0) is 0 Å². The standard InChI is InChI=1S/C11H19F3N6O/c1-4-15-8-16-9(19(2)3)18-10(17-8)20(5-6-21)7-11(12,13)14/h21H,4-7H2,1-3H3,(H,15,16,17,18). The maximum Gasteiger partial charge on any atom is 0.406 e. The molecule has 0 aromatic carbocycles. The number of aromatic nitrogens is 3. The van der Waals surface area contributed by atoms with Crippen molar-refractivity contribution >= 4 is 17.8 Å². The van der Waals surface area contributed by atoms with Gasteiger partial charge >= 0.3 is 6.18 Å². The van der Waals surface area contributed by atoms with Crippen molar-refractivity contribution in [2.24, 2.45) is 0 Å². The molecule has 0 spiro atoms. The molecule has 0 amide bonds. The molecule has 0 saturated carbocycles. The van der Waals surface area contributed by atoms with Gasteiger partial charge in [-0.05, 0) is 6.92 Å². The van der Waals surface area contributed by atoms with Gasteiger partial charge in [0.2, 0.25) is 17.8 Å². The highest BCUT2D eigenvalue weighted by Gasteiger charge is 2.32. The highest BCUT2D eigenvalue weighted by Crippen LogP contribution is 2.21. The Hall–Kier alpha value is -1.84. The molecule has 0 bridgehead atoms. The Labute approximate surface area is 120 Å². The Bertz CT molecular complexity index is 454. The van der Waals surface area contributed by atoms with Crippen LogP contribution in [0.3, 0.4) is 0 Å². The Kier molecular flexibility index (Phi) is 5.94. The number of anilines is 3. The first-order valence-electron chi connectivity index (χ1n) is 6.36. The molecule has 1 aromatic heterocycles. The van der Waals surface area contributed by atoms with Gasteiger partial charge in [-0.3, -0.25) is 0 Å². The molecule has 1 heterocycles. The van der Waals surface area contributed by atoms with Gasteiger partial charge in [0.15, 0.2) is 0 Å². The van der Waals surface area contributed by atoms with Gasteiger partial charge in [0.25, 0.3) is 0 Å². The largest absolute Gasteiger partial charge is 0.406 e. The second-order valence-electron chi connectivity index (χ2n) is 4.44. The van der Waals surface area contributed by atoms with Crippen LogP contribution in [0.25, 0.3) is 0 Å². The first-order valence-corrected chi connectivity index (χ1v) is 6.36. The summed E-state index contributed by atoms with van der Waals surface area (Å²) in [7, 11) is 3.35. The van der Waals surface area contributed by atoms with E-state index in [2.05, 4.69) is 20.3 Å². The number of aliphatic hydroxyl groups excluding tert-OH is 1. The zero-order chi connectivity index (χ0) is 16.0. The zero-order valence-corrected chi connectivity index (χ0v) is 12.1. The van der Waals surface area contributed by atoms with Crippen LogP contribution < -0.4 is 15.1 Å². The van der Waals surface area contributed by atoms with Gasteiger partial charge in [0.1, 0.15) is 6.54 Å². The maximum absolute atomic E-state index is 12.6. The van der Waals surface area contributed by atoms with Crippen LogP contribution in [0.2, 0.25) is 0 Å². The lowest BCUT2D eigenvalue weighted by Crippen LogP contribution is -2.38. The van der Waals surface area contributed by atoms with E-state index in [0.29, 0.717) is 6.54 Å². The van der Waals surface area contributed by atoms with Gasteiger partial charge < -0.3 is 20.2 Å². The Morgan fingerprint density at radius 2 is 1.76 bits per heavy atom. The van der Waals surface area contributed by atoms with Crippen LogP contribution in [0.15, 0.2) is 0 Å².